The minimum absolute atomic E-state index is 0.111. The lowest BCUT2D eigenvalue weighted by Crippen LogP contribution is -2.33. The molecule has 1 N–H and O–H groups in total. The molecule has 1 unspecified atom stereocenters. The minimum Gasteiger partial charge on any atom is -0.313 e. The van der Waals surface area contributed by atoms with Crippen molar-refractivity contribution in [2.75, 3.05) is 18.1 Å². The Labute approximate surface area is 128 Å². The van der Waals surface area contributed by atoms with Gasteiger partial charge in [0.05, 0.1) is 0 Å². The third kappa shape index (κ3) is 6.77. The summed E-state index contributed by atoms with van der Waals surface area (Å²) in [5.74, 6) is 2.77. The van der Waals surface area contributed by atoms with Gasteiger partial charge in [-0.25, -0.2) is 4.39 Å². The molecule has 108 valence electrons. The lowest BCUT2D eigenvalue weighted by Gasteiger charge is -2.18. The predicted molar refractivity (Wildman–Crippen MR) is 87.4 cm³/mol. The van der Waals surface area contributed by atoms with Gasteiger partial charge in [0.2, 0.25) is 0 Å². The van der Waals surface area contributed by atoms with Gasteiger partial charge in [0, 0.05) is 16.3 Å². The van der Waals surface area contributed by atoms with Crippen molar-refractivity contribution >= 4 is 27.7 Å². The Kier molecular flexibility index (Phi) is 8.03. The first kappa shape index (κ1) is 17.0. The number of hydrogen-bond donors (Lipinski definition) is 1. The Morgan fingerprint density at radius 3 is 2.68 bits per heavy atom. The summed E-state index contributed by atoms with van der Waals surface area (Å²) in [5.41, 5.74) is 0.783. The SMILES string of the molecule is CCNC(CSCC(C)C)Cc1cc(Br)ccc1F. The summed E-state index contributed by atoms with van der Waals surface area (Å²) in [6.07, 6.45) is 0.740. The largest absolute Gasteiger partial charge is 0.313 e. The van der Waals surface area contributed by atoms with Crippen molar-refractivity contribution in [3.05, 3.63) is 34.1 Å². The summed E-state index contributed by atoms with van der Waals surface area (Å²) >= 11 is 5.35. The number of nitrogens with one attached hydrogen (secondary N) is 1. The molecule has 19 heavy (non-hydrogen) atoms. The van der Waals surface area contributed by atoms with E-state index in [4.69, 9.17) is 0 Å². The molecule has 1 aromatic carbocycles. The average molecular weight is 348 g/mol. The van der Waals surface area contributed by atoms with E-state index in [1.165, 1.54) is 6.07 Å². The van der Waals surface area contributed by atoms with E-state index in [0.717, 1.165) is 34.5 Å². The van der Waals surface area contributed by atoms with Crippen LogP contribution in [0.1, 0.15) is 26.3 Å². The number of thioether (sulfide) groups is 1. The van der Waals surface area contributed by atoms with Gasteiger partial charge < -0.3 is 5.32 Å². The highest BCUT2D eigenvalue weighted by Gasteiger charge is 2.12. The maximum absolute atomic E-state index is 13.8. The van der Waals surface area contributed by atoms with Crippen LogP contribution in [-0.4, -0.2) is 24.1 Å². The Morgan fingerprint density at radius 1 is 1.32 bits per heavy atom. The first-order valence-electron chi connectivity index (χ1n) is 6.78. The van der Waals surface area contributed by atoms with Gasteiger partial charge >= 0.3 is 0 Å². The van der Waals surface area contributed by atoms with Crippen LogP contribution in [0.4, 0.5) is 4.39 Å². The highest BCUT2D eigenvalue weighted by molar-refractivity contribution is 9.10. The fourth-order valence-electron chi connectivity index (χ4n) is 1.89. The molecular formula is C15H23BrFNS. The Morgan fingerprint density at radius 2 is 2.05 bits per heavy atom. The molecule has 0 aliphatic heterocycles. The van der Waals surface area contributed by atoms with Crippen LogP contribution in [0.5, 0.6) is 0 Å². The quantitative estimate of drug-likeness (QED) is 0.742. The summed E-state index contributed by atoms with van der Waals surface area (Å²) in [7, 11) is 0. The molecule has 1 atom stereocenters. The molecule has 0 saturated heterocycles. The van der Waals surface area contributed by atoms with E-state index < -0.39 is 0 Å². The van der Waals surface area contributed by atoms with E-state index in [1.807, 2.05) is 17.8 Å². The van der Waals surface area contributed by atoms with E-state index in [1.54, 1.807) is 6.07 Å². The van der Waals surface area contributed by atoms with Crippen LogP contribution < -0.4 is 5.32 Å². The third-order valence-corrected chi connectivity index (χ3v) is 4.77. The second-order valence-electron chi connectivity index (χ2n) is 5.13. The summed E-state index contributed by atoms with van der Waals surface area (Å²) in [6.45, 7) is 7.46. The van der Waals surface area contributed by atoms with Gasteiger partial charge in [-0.05, 0) is 48.4 Å². The van der Waals surface area contributed by atoms with Gasteiger partial charge in [-0.1, -0.05) is 36.7 Å². The summed E-state index contributed by atoms with van der Waals surface area (Å²) in [6, 6.07) is 5.49. The molecule has 1 rings (SSSR count). The molecule has 0 fully saturated rings. The Bertz CT molecular complexity index is 384. The number of halogens is 2. The molecule has 1 nitrogen and oxygen atoms in total. The Balaban J connectivity index is 2.58. The molecule has 4 heteroatoms. The number of likely N-dealkylation sites (N-methyl/N-ethyl adjacent to an activating group) is 1. The first-order valence-corrected chi connectivity index (χ1v) is 8.72. The van der Waals surface area contributed by atoms with Crippen molar-refractivity contribution in [3.8, 4) is 0 Å². The van der Waals surface area contributed by atoms with E-state index in [0.29, 0.717) is 12.0 Å². The maximum atomic E-state index is 13.8. The smallest absolute Gasteiger partial charge is 0.126 e. The van der Waals surface area contributed by atoms with Crippen LogP contribution >= 0.6 is 27.7 Å². The van der Waals surface area contributed by atoms with Crippen LogP contribution in [0.3, 0.4) is 0 Å². The molecule has 0 aromatic heterocycles. The zero-order valence-electron chi connectivity index (χ0n) is 11.9. The van der Waals surface area contributed by atoms with Crippen LogP contribution in [-0.2, 0) is 6.42 Å². The molecule has 0 aliphatic carbocycles. The fraction of sp³-hybridized carbons (Fsp3) is 0.600. The van der Waals surface area contributed by atoms with Crippen molar-refractivity contribution < 1.29 is 4.39 Å². The summed E-state index contributed by atoms with van der Waals surface area (Å²) in [5, 5.41) is 3.45. The van der Waals surface area contributed by atoms with Crippen molar-refractivity contribution in [2.24, 2.45) is 5.92 Å². The molecule has 0 spiro atoms. The second-order valence-corrected chi connectivity index (χ2v) is 7.12. The second kappa shape index (κ2) is 8.98. The normalized spacial score (nSPS) is 12.9. The molecular weight excluding hydrogens is 325 g/mol. The van der Waals surface area contributed by atoms with Gasteiger partial charge in [0.1, 0.15) is 5.82 Å². The number of benzene rings is 1. The highest BCUT2D eigenvalue weighted by Crippen LogP contribution is 2.18. The van der Waals surface area contributed by atoms with Gasteiger partial charge in [0.25, 0.3) is 0 Å². The third-order valence-electron chi connectivity index (χ3n) is 2.74. The van der Waals surface area contributed by atoms with Crippen LogP contribution in [0.2, 0.25) is 0 Å². The monoisotopic (exact) mass is 347 g/mol. The van der Waals surface area contributed by atoms with E-state index in [2.05, 4.69) is 42.0 Å². The number of hydrogen-bond acceptors (Lipinski definition) is 2. The molecule has 1 aromatic rings. The summed E-state index contributed by atoms with van der Waals surface area (Å²) in [4.78, 5) is 0. The zero-order chi connectivity index (χ0) is 14.3. The molecule has 0 saturated carbocycles. The van der Waals surface area contributed by atoms with Crippen molar-refractivity contribution in [3.63, 3.8) is 0 Å². The standard InChI is InChI=1S/C15H23BrFNS/c1-4-18-14(10-19-9-11(2)3)8-12-7-13(16)5-6-15(12)17/h5-7,11,14,18H,4,8-10H2,1-3H3. The molecule has 0 aliphatic rings. The topological polar surface area (TPSA) is 12.0 Å². The van der Waals surface area contributed by atoms with Crippen molar-refractivity contribution in [1.29, 1.82) is 0 Å². The van der Waals surface area contributed by atoms with Crippen LogP contribution in [0.15, 0.2) is 22.7 Å². The van der Waals surface area contributed by atoms with Gasteiger partial charge in [-0.15, -0.1) is 0 Å². The molecule has 0 radical (unpaired) electrons. The van der Waals surface area contributed by atoms with Crippen LogP contribution in [0.25, 0.3) is 0 Å². The summed E-state index contributed by atoms with van der Waals surface area (Å²) < 4.78 is 14.7. The Hall–Kier alpha value is -0.0600. The molecule has 0 amide bonds. The highest BCUT2D eigenvalue weighted by atomic mass is 79.9. The lowest BCUT2D eigenvalue weighted by molar-refractivity contribution is 0.544. The van der Waals surface area contributed by atoms with Gasteiger partial charge in [-0.3, -0.25) is 0 Å². The molecule has 0 bridgehead atoms. The first-order chi connectivity index (χ1) is 9.02. The average Bonchev–Trinajstić information content (AvgIpc) is 2.33. The predicted octanol–water partition coefficient (Wildman–Crippen LogP) is 4.50. The van der Waals surface area contributed by atoms with Gasteiger partial charge in [-0.2, -0.15) is 11.8 Å². The minimum atomic E-state index is -0.111. The van der Waals surface area contributed by atoms with E-state index in [9.17, 15) is 4.39 Å². The van der Waals surface area contributed by atoms with Gasteiger partial charge in [0.15, 0.2) is 0 Å². The number of rotatable bonds is 8. The van der Waals surface area contributed by atoms with E-state index >= 15 is 0 Å². The van der Waals surface area contributed by atoms with Crippen molar-refractivity contribution in [1.82, 2.24) is 5.32 Å². The zero-order valence-corrected chi connectivity index (χ0v) is 14.3. The fourth-order valence-corrected chi connectivity index (χ4v) is 3.43. The van der Waals surface area contributed by atoms with Crippen LogP contribution in [0, 0.1) is 11.7 Å². The maximum Gasteiger partial charge on any atom is 0.126 e. The molecule has 0 heterocycles. The van der Waals surface area contributed by atoms with E-state index in [-0.39, 0.29) is 5.82 Å². The van der Waals surface area contributed by atoms with Crippen molar-refractivity contribution in [2.45, 2.75) is 33.2 Å². The lowest BCUT2D eigenvalue weighted by atomic mass is 10.1.